The van der Waals surface area contributed by atoms with Gasteiger partial charge in [-0.1, -0.05) is 25.4 Å². The Labute approximate surface area is 101 Å². The molecule has 16 heavy (non-hydrogen) atoms. The molecule has 1 aromatic rings. The molecule has 0 aliphatic carbocycles. The van der Waals surface area contributed by atoms with E-state index in [0.717, 1.165) is 12.0 Å². The maximum atomic E-state index is 6.09. The number of hydrogen-bond donors (Lipinski definition) is 1. The van der Waals surface area contributed by atoms with E-state index in [-0.39, 0.29) is 0 Å². The van der Waals surface area contributed by atoms with Crippen LogP contribution in [-0.4, -0.2) is 13.7 Å². The van der Waals surface area contributed by atoms with Crippen molar-refractivity contribution in [2.24, 2.45) is 5.90 Å². The van der Waals surface area contributed by atoms with Crippen LogP contribution in [-0.2, 0) is 11.3 Å². The van der Waals surface area contributed by atoms with E-state index >= 15 is 0 Å². The summed E-state index contributed by atoms with van der Waals surface area (Å²) in [6, 6.07) is 3.91. The highest BCUT2D eigenvalue weighted by Gasteiger charge is 2.11. The quantitative estimate of drug-likeness (QED) is 0.809. The smallest absolute Gasteiger partial charge is 0.137 e. The normalized spacial score (nSPS) is 10.9. The third-order valence-electron chi connectivity index (χ3n) is 2.52. The van der Waals surface area contributed by atoms with Gasteiger partial charge in [0.1, 0.15) is 5.75 Å². The van der Waals surface area contributed by atoms with Crippen LogP contribution < -0.4 is 10.6 Å². The minimum Gasteiger partial charge on any atom is -0.495 e. The molecule has 0 unspecified atom stereocenters. The molecule has 0 heterocycles. The molecule has 1 rings (SSSR count). The highest BCUT2D eigenvalue weighted by atomic mass is 35.5. The predicted octanol–water partition coefficient (Wildman–Crippen LogP) is 2.90. The summed E-state index contributed by atoms with van der Waals surface area (Å²) in [7, 11) is 1.62. The van der Waals surface area contributed by atoms with Crippen molar-refractivity contribution in [1.29, 1.82) is 0 Å². The second-order valence-electron chi connectivity index (χ2n) is 3.96. The van der Waals surface area contributed by atoms with Crippen molar-refractivity contribution >= 4 is 11.6 Å². The van der Waals surface area contributed by atoms with E-state index in [9.17, 15) is 0 Å². The van der Waals surface area contributed by atoms with Crippen molar-refractivity contribution < 1.29 is 9.57 Å². The summed E-state index contributed by atoms with van der Waals surface area (Å²) in [6.45, 7) is 4.76. The van der Waals surface area contributed by atoms with E-state index in [2.05, 4.69) is 18.7 Å². The van der Waals surface area contributed by atoms with E-state index in [4.69, 9.17) is 22.2 Å². The fraction of sp³-hybridized carbons (Fsp3) is 0.500. The van der Waals surface area contributed by atoms with E-state index < -0.39 is 0 Å². The van der Waals surface area contributed by atoms with Crippen LogP contribution in [0, 0.1) is 0 Å². The van der Waals surface area contributed by atoms with E-state index in [1.807, 2.05) is 12.1 Å². The zero-order chi connectivity index (χ0) is 12.1. The Morgan fingerprint density at radius 1 is 1.38 bits per heavy atom. The molecule has 0 radical (unpaired) electrons. The molecule has 90 valence electrons. The summed E-state index contributed by atoms with van der Waals surface area (Å²) < 4.78 is 5.21. The number of ether oxygens (including phenoxy) is 1. The first-order valence-electron chi connectivity index (χ1n) is 5.28. The van der Waals surface area contributed by atoms with Crippen LogP contribution in [0.1, 0.15) is 30.9 Å². The van der Waals surface area contributed by atoms with Crippen LogP contribution in [0.2, 0.25) is 5.02 Å². The number of halogens is 1. The third kappa shape index (κ3) is 3.11. The lowest BCUT2D eigenvalue weighted by Gasteiger charge is -2.15. The molecule has 3 nitrogen and oxygen atoms in total. The van der Waals surface area contributed by atoms with Gasteiger partial charge < -0.3 is 9.57 Å². The fourth-order valence-corrected chi connectivity index (χ4v) is 1.95. The maximum Gasteiger partial charge on any atom is 0.137 e. The van der Waals surface area contributed by atoms with Gasteiger partial charge in [0.2, 0.25) is 0 Å². The van der Waals surface area contributed by atoms with E-state index in [1.165, 1.54) is 5.56 Å². The Morgan fingerprint density at radius 2 is 2.06 bits per heavy atom. The molecule has 0 aliphatic heterocycles. The first-order valence-corrected chi connectivity index (χ1v) is 5.66. The van der Waals surface area contributed by atoms with Gasteiger partial charge in [0.15, 0.2) is 0 Å². The minimum absolute atomic E-state index is 0.416. The van der Waals surface area contributed by atoms with Gasteiger partial charge in [-0.3, -0.25) is 0 Å². The zero-order valence-electron chi connectivity index (χ0n) is 9.92. The van der Waals surface area contributed by atoms with Crippen LogP contribution in [0.5, 0.6) is 5.75 Å². The first kappa shape index (κ1) is 13.3. The van der Waals surface area contributed by atoms with Crippen molar-refractivity contribution in [3.63, 3.8) is 0 Å². The molecule has 0 atom stereocenters. The maximum absolute atomic E-state index is 6.09. The topological polar surface area (TPSA) is 44.5 Å². The molecule has 0 saturated carbocycles. The van der Waals surface area contributed by atoms with Gasteiger partial charge in [-0.2, -0.15) is 0 Å². The average molecular weight is 244 g/mol. The van der Waals surface area contributed by atoms with E-state index in [0.29, 0.717) is 23.3 Å². The lowest BCUT2D eigenvalue weighted by molar-refractivity contribution is 0.141. The number of hydrogen-bond acceptors (Lipinski definition) is 3. The summed E-state index contributed by atoms with van der Waals surface area (Å²) in [4.78, 5) is 4.60. The summed E-state index contributed by atoms with van der Waals surface area (Å²) in [5, 5.41) is 0.624. The second-order valence-corrected chi connectivity index (χ2v) is 4.37. The van der Waals surface area contributed by atoms with Gasteiger partial charge in [-0.05, 0) is 35.6 Å². The largest absolute Gasteiger partial charge is 0.495 e. The summed E-state index contributed by atoms with van der Waals surface area (Å²) in [5.74, 6) is 6.17. The van der Waals surface area contributed by atoms with Crippen molar-refractivity contribution in [3.8, 4) is 5.75 Å². The van der Waals surface area contributed by atoms with Crippen LogP contribution >= 0.6 is 11.6 Å². The number of nitrogens with two attached hydrogens (primary N) is 1. The zero-order valence-corrected chi connectivity index (χ0v) is 10.7. The van der Waals surface area contributed by atoms with Crippen LogP contribution in [0.25, 0.3) is 0 Å². The highest BCUT2D eigenvalue weighted by Crippen LogP contribution is 2.32. The van der Waals surface area contributed by atoms with Gasteiger partial charge in [0.25, 0.3) is 0 Å². The average Bonchev–Trinajstić information content (AvgIpc) is 2.25. The van der Waals surface area contributed by atoms with Gasteiger partial charge in [0.05, 0.1) is 18.7 Å². The fourth-order valence-electron chi connectivity index (χ4n) is 1.69. The Hall–Kier alpha value is -0.770. The van der Waals surface area contributed by atoms with Crippen molar-refractivity contribution in [2.75, 3.05) is 13.7 Å². The highest BCUT2D eigenvalue weighted by molar-refractivity contribution is 6.32. The predicted molar refractivity (Wildman–Crippen MR) is 65.9 cm³/mol. The first-order chi connectivity index (χ1) is 7.60. The van der Waals surface area contributed by atoms with Gasteiger partial charge in [-0.15, -0.1) is 0 Å². The Morgan fingerprint density at radius 3 is 2.56 bits per heavy atom. The lowest BCUT2D eigenvalue weighted by atomic mass is 9.95. The molecule has 0 aromatic heterocycles. The van der Waals surface area contributed by atoms with Crippen molar-refractivity contribution in [3.05, 3.63) is 28.3 Å². The van der Waals surface area contributed by atoms with Crippen LogP contribution in [0.3, 0.4) is 0 Å². The summed E-state index contributed by atoms with van der Waals surface area (Å²) in [5.41, 5.74) is 2.38. The molecule has 0 bridgehead atoms. The molecule has 2 N–H and O–H groups in total. The minimum atomic E-state index is 0.416. The Kier molecular flexibility index (Phi) is 5.06. The molecular weight excluding hydrogens is 226 g/mol. The SMILES string of the molecule is COc1cc(C(C)C)c(CCON)cc1Cl. The molecule has 0 aliphatic rings. The van der Waals surface area contributed by atoms with Gasteiger partial charge in [-0.25, -0.2) is 5.90 Å². The monoisotopic (exact) mass is 243 g/mol. The number of benzene rings is 1. The van der Waals surface area contributed by atoms with E-state index in [1.54, 1.807) is 7.11 Å². The summed E-state index contributed by atoms with van der Waals surface area (Å²) >= 11 is 6.09. The van der Waals surface area contributed by atoms with Gasteiger partial charge in [0, 0.05) is 0 Å². The van der Waals surface area contributed by atoms with Crippen molar-refractivity contribution in [2.45, 2.75) is 26.2 Å². The Bertz CT molecular complexity index is 353. The number of methoxy groups -OCH3 is 1. The molecule has 1 aromatic carbocycles. The summed E-state index contributed by atoms with van der Waals surface area (Å²) in [6.07, 6.45) is 0.758. The van der Waals surface area contributed by atoms with Crippen LogP contribution in [0.4, 0.5) is 0 Å². The molecule has 0 fully saturated rings. The lowest BCUT2D eigenvalue weighted by Crippen LogP contribution is -2.06. The van der Waals surface area contributed by atoms with Gasteiger partial charge >= 0.3 is 0 Å². The second kappa shape index (κ2) is 6.09. The molecule has 0 saturated heterocycles. The molecule has 4 heteroatoms. The number of rotatable bonds is 5. The molecule has 0 amide bonds. The Balaban J connectivity index is 3.09. The molecular formula is C12H18ClNO2. The third-order valence-corrected chi connectivity index (χ3v) is 2.82. The molecule has 0 spiro atoms. The standard InChI is InChI=1S/C12H18ClNO2/c1-8(2)10-7-12(15-3)11(13)6-9(10)4-5-16-14/h6-8H,4-5,14H2,1-3H3. The van der Waals surface area contributed by atoms with Crippen LogP contribution in [0.15, 0.2) is 12.1 Å². The van der Waals surface area contributed by atoms with Crippen molar-refractivity contribution in [1.82, 2.24) is 0 Å².